The van der Waals surface area contributed by atoms with E-state index in [1.54, 1.807) is 18.2 Å². The lowest BCUT2D eigenvalue weighted by Gasteiger charge is -2.28. The van der Waals surface area contributed by atoms with Gasteiger partial charge in [-0.15, -0.1) is 0 Å². The zero-order chi connectivity index (χ0) is 28.1. The van der Waals surface area contributed by atoms with E-state index < -0.39 is 11.7 Å². The van der Waals surface area contributed by atoms with Crippen LogP contribution in [0.4, 0.5) is 17.6 Å². The zero-order valence-electron chi connectivity index (χ0n) is 21.4. The molecule has 1 fully saturated rings. The van der Waals surface area contributed by atoms with Crippen LogP contribution in [0, 0.1) is 11.7 Å². The average Bonchev–Trinajstić information content (AvgIpc) is 3.33. The van der Waals surface area contributed by atoms with Crippen molar-refractivity contribution in [1.29, 1.82) is 0 Å². The smallest absolute Gasteiger partial charge is 0.416 e. The van der Waals surface area contributed by atoms with E-state index in [1.165, 1.54) is 42.5 Å². The lowest BCUT2D eigenvalue weighted by atomic mass is 9.98. The summed E-state index contributed by atoms with van der Waals surface area (Å²) in [5.41, 5.74) is 1.33. The molecule has 1 saturated heterocycles. The highest BCUT2D eigenvalue weighted by molar-refractivity contribution is 7.96. The van der Waals surface area contributed by atoms with Crippen LogP contribution in [0.1, 0.15) is 24.1 Å². The number of hydrogen-bond acceptors (Lipinski definition) is 7. The first kappa shape index (κ1) is 28.1. The van der Waals surface area contributed by atoms with Crippen molar-refractivity contribution in [3.63, 3.8) is 0 Å². The normalized spacial score (nSPS) is 14.6. The highest BCUT2D eigenvalue weighted by Gasteiger charge is 2.30. The molecular weight excluding hydrogens is 546 g/mol. The Morgan fingerprint density at radius 3 is 2.60 bits per heavy atom. The maximum absolute atomic E-state index is 13.6. The minimum atomic E-state index is -4.41. The van der Waals surface area contributed by atoms with Gasteiger partial charge in [0.2, 0.25) is 5.91 Å². The van der Waals surface area contributed by atoms with Crippen molar-refractivity contribution in [1.82, 2.24) is 24.9 Å². The van der Waals surface area contributed by atoms with Crippen molar-refractivity contribution in [2.45, 2.75) is 30.7 Å². The number of fused-ring (bicyclic) bond motifs is 1. The third kappa shape index (κ3) is 7.38. The molecule has 1 amide bonds. The van der Waals surface area contributed by atoms with Gasteiger partial charge in [-0.1, -0.05) is 12.1 Å². The number of hydrogen-bond donors (Lipinski definition) is 2. The fourth-order valence-corrected chi connectivity index (χ4v) is 5.56. The number of alkyl halides is 3. The molecule has 7 nitrogen and oxygen atoms in total. The number of carbonyl (C=O) groups is 1. The quantitative estimate of drug-likeness (QED) is 0.197. The zero-order valence-corrected chi connectivity index (χ0v) is 22.2. The Balaban J connectivity index is 1.23. The van der Waals surface area contributed by atoms with Gasteiger partial charge < -0.3 is 15.1 Å². The monoisotopic (exact) mass is 573 g/mol. The van der Waals surface area contributed by atoms with Gasteiger partial charge in [0, 0.05) is 17.5 Å². The molecule has 1 aliphatic heterocycles. The summed E-state index contributed by atoms with van der Waals surface area (Å²) in [6.07, 6.45) is -1.10. The molecule has 0 saturated carbocycles. The molecule has 0 radical (unpaired) electrons. The van der Waals surface area contributed by atoms with Crippen LogP contribution >= 0.6 is 11.9 Å². The summed E-state index contributed by atoms with van der Waals surface area (Å²) < 4.78 is 60.1. The Bertz CT molecular complexity index is 1460. The van der Waals surface area contributed by atoms with E-state index >= 15 is 0 Å². The van der Waals surface area contributed by atoms with E-state index in [0.717, 1.165) is 38.1 Å². The maximum atomic E-state index is 13.6. The first-order chi connectivity index (χ1) is 19.2. The van der Waals surface area contributed by atoms with Crippen molar-refractivity contribution >= 4 is 28.8 Å². The molecule has 40 heavy (non-hydrogen) atoms. The second kappa shape index (κ2) is 12.4. The fraction of sp³-hybridized carbons (Fsp3) is 0.321. The molecule has 210 valence electrons. The van der Waals surface area contributed by atoms with Crippen LogP contribution in [0.15, 0.2) is 70.4 Å². The van der Waals surface area contributed by atoms with Crippen LogP contribution in [-0.4, -0.2) is 46.4 Å². The Kier molecular flexibility index (Phi) is 8.67. The van der Waals surface area contributed by atoms with Crippen molar-refractivity contribution in [3.05, 3.63) is 78.0 Å². The maximum Gasteiger partial charge on any atom is 0.416 e. The number of furan rings is 1. The van der Waals surface area contributed by atoms with Crippen LogP contribution in [0.3, 0.4) is 0 Å². The molecule has 0 bridgehead atoms. The standard InChI is InChI=1S/C28H27F4N5O2S/c29-22-5-6-25-20(11-22)12-27(39-25)40-37(15-18-7-9-33-10-8-18)16-26(38)34-14-23-13-24(36-17-35-23)19-1-3-21(4-2-19)28(30,31)32/h1-6,11-13,17-18,33H,7-10,14-16H2,(H,34,38). The predicted octanol–water partition coefficient (Wildman–Crippen LogP) is 5.67. The summed E-state index contributed by atoms with van der Waals surface area (Å²) in [4.78, 5) is 21.3. The van der Waals surface area contributed by atoms with Crippen LogP contribution in [0.25, 0.3) is 22.2 Å². The summed E-state index contributed by atoms with van der Waals surface area (Å²) in [6, 6.07) is 12.5. The number of piperidine rings is 1. The van der Waals surface area contributed by atoms with Gasteiger partial charge in [0.05, 0.1) is 30.0 Å². The van der Waals surface area contributed by atoms with E-state index in [-0.39, 0.29) is 24.8 Å². The Hall–Kier alpha value is -3.48. The number of halogens is 4. The molecule has 2 aromatic heterocycles. The van der Waals surface area contributed by atoms with Gasteiger partial charge in [0.25, 0.3) is 0 Å². The molecule has 1 aliphatic rings. The number of benzene rings is 2. The molecular formula is C28H27F4N5O2S. The lowest BCUT2D eigenvalue weighted by Crippen LogP contribution is -2.38. The SMILES string of the molecule is O=C(CN(CC1CCNCC1)Sc1cc2cc(F)ccc2o1)NCc1cc(-c2ccc(C(F)(F)F)cc2)ncn1. The molecule has 0 aliphatic carbocycles. The summed E-state index contributed by atoms with van der Waals surface area (Å²) in [7, 11) is 0. The van der Waals surface area contributed by atoms with E-state index in [1.807, 2.05) is 4.31 Å². The molecule has 3 heterocycles. The summed E-state index contributed by atoms with van der Waals surface area (Å²) >= 11 is 1.32. The minimum Gasteiger partial charge on any atom is -0.449 e. The van der Waals surface area contributed by atoms with Crippen LogP contribution in [-0.2, 0) is 17.5 Å². The molecule has 5 rings (SSSR count). The topological polar surface area (TPSA) is 83.3 Å². The Morgan fingerprint density at radius 2 is 1.85 bits per heavy atom. The predicted molar refractivity (Wildman–Crippen MR) is 144 cm³/mol. The van der Waals surface area contributed by atoms with Gasteiger partial charge in [-0.25, -0.2) is 18.7 Å². The van der Waals surface area contributed by atoms with Crippen LogP contribution in [0.2, 0.25) is 0 Å². The van der Waals surface area contributed by atoms with E-state index in [2.05, 4.69) is 20.6 Å². The second-order valence-electron chi connectivity index (χ2n) is 9.60. The van der Waals surface area contributed by atoms with E-state index in [0.29, 0.717) is 45.5 Å². The third-order valence-corrected chi connectivity index (χ3v) is 7.53. The van der Waals surface area contributed by atoms with Crippen molar-refractivity contribution < 1.29 is 26.8 Å². The Morgan fingerprint density at radius 1 is 1.07 bits per heavy atom. The summed E-state index contributed by atoms with van der Waals surface area (Å²) in [5, 5.41) is 7.44. The number of rotatable bonds is 9. The molecule has 0 unspecified atom stereocenters. The van der Waals surface area contributed by atoms with E-state index in [9.17, 15) is 22.4 Å². The van der Waals surface area contributed by atoms with Crippen molar-refractivity contribution in [2.24, 2.45) is 5.92 Å². The van der Waals surface area contributed by atoms with Gasteiger partial charge in [0.15, 0.2) is 5.09 Å². The number of carbonyl (C=O) groups excluding carboxylic acids is 1. The highest BCUT2D eigenvalue weighted by Crippen LogP contribution is 2.32. The number of nitrogens with one attached hydrogen (secondary N) is 2. The largest absolute Gasteiger partial charge is 0.449 e. The number of amides is 1. The minimum absolute atomic E-state index is 0.0941. The number of nitrogens with zero attached hydrogens (tertiary/aromatic N) is 3. The molecule has 0 spiro atoms. The lowest BCUT2D eigenvalue weighted by molar-refractivity contribution is -0.137. The first-order valence-electron chi connectivity index (χ1n) is 12.8. The molecule has 2 aromatic carbocycles. The molecule has 0 atom stereocenters. The highest BCUT2D eigenvalue weighted by atomic mass is 32.2. The molecule has 12 heteroatoms. The van der Waals surface area contributed by atoms with Gasteiger partial charge in [-0.2, -0.15) is 13.2 Å². The molecule has 2 N–H and O–H groups in total. The van der Waals surface area contributed by atoms with Crippen molar-refractivity contribution in [3.8, 4) is 11.3 Å². The van der Waals surface area contributed by atoms with Gasteiger partial charge in [-0.05, 0) is 86.3 Å². The van der Waals surface area contributed by atoms with Crippen LogP contribution < -0.4 is 10.6 Å². The van der Waals surface area contributed by atoms with Gasteiger partial charge in [0.1, 0.15) is 17.7 Å². The molecule has 4 aromatic rings. The second-order valence-corrected chi connectivity index (χ2v) is 10.7. The summed E-state index contributed by atoms with van der Waals surface area (Å²) in [5.74, 6) is -0.156. The fourth-order valence-electron chi connectivity index (χ4n) is 4.54. The summed E-state index contributed by atoms with van der Waals surface area (Å²) in [6.45, 7) is 2.75. The van der Waals surface area contributed by atoms with Crippen molar-refractivity contribution in [2.75, 3.05) is 26.2 Å². The van der Waals surface area contributed by atoms with E-state index in [4.69, 9.17) is 4.42 Å². The van der Waals surface area contributed by atoms with Gasteiger partial charge >= 0.3 is 6.18 Å². The Labute approximate surface area is 232 Å². The first-order valence-corrected chi connectivity index (χ1v) is 13.6. The number of aromatic nitrogens is 2. The third-order valence-electron chi connectivity index (χ3n) is 6.61. The van der Waals surface area contributed by atoms with Crippen LogP contribution in [0.5, 0.6) is 0 Å². The van der Waals surface area contributed by atoms with Gasteiger partial charge in [-0.3, -0.25) is 4.79 Å². The average molecular weight is 574 g/mol.